The molecule has 1 atom stereocenters. The zero-order chi connectivity index (χ0) is 10.4. The van der Waals surface area contributed by atoms with Crippen molar-refractivity contribution in [3.8, 4) is 0 Å². The largest absolute Gasteiger partial charge is 0.380 e. The van der Waals surface area contributed by atoms with Crippen LogP contribution in [0.2, 0.25) is 0 Å². The number of aromatic nitrogens is 1. The van der Waals surface area contributed by atoms with Gasteiger partial charge in [-0.05, 0) is 26.0 Å². The first-order valence-electron chi connectivity index (χ1n) is 4.88. The summed E-state index contributed by atoms with van der Waals surface area (Å²) >= 11 is 0. The van der Waals surface area contributed by atoms with Crippen LogP contribution in [0.25, 0.3) is 0 Å². The van der Waals surface area contributed by atoms with E-state index in [1.807, 2.05) is 32.0 Å². The Balaban J connectivity index is 2.31. The molecule has 0 spiro atoms. The molecule has 1 aromatic heterocycles. The van der Waals surface area contributed by atoms with Gasteiger partial charge in [-0.25, -0.2) is 0 Å². The summed E-state index contributed by atoms with van der Waals surface area (Å²) in [5, 5.41) is 3.29. The molecule has 1 heterocycles. The molecule has 0 bridgehead atoms. The fraction of sp³-hybridized carbons (Fsp3) is 0.545. The fourth-order valence-corrected chi connectivity index (χ4v) is 1.18. The van der Waals surface area contributed by atoms with Crippen molar-refractivity contribution in [3.63, 3.8) is 0 Å². The van der Waals surface area contributed by atoms with Gasteiger partial charge in [-0.1, -0.05) is 6.07 Å². The Hall–Kier alpha value is -0.930. The lowest BCUT2D eigenvalue weighted by Gasteiger charge is -2.10. The van der Waals surface area contributed by atoms with Crippen LogP contribution >= 0.6 is 0 Å². The summed E-state index contributed by atoms with van der Waals surface area (Å²) in [4.78, 5) is 4.39. The Bertz CT molecular complexity index is 276. The van der Waals surface area contributed by atoms with E-state index in [1.54, 1.807) is 7.11 Å². The lowest BCUT2D eigenvalue weighted by molar-refractivity contribution is 0.117. The van der Waals surface area contributed by atoms with Crippen molar-refractivity contribution in [2.45, 2.75) is 26.5 Å². The lowest BCUT2D eigenvalue weighted by Crippen LogP contribution is -2.25. The third kappa shape index (κ3) is 3.85. The van der Waals surface area contributed by atoms with Crippen LogP contribution in [0.4, 0.5) is 0 Å². The van der Waals surface area contributed by atoms with Crippen molar-refractivity contribution < 1.29 is 4.74 Å². The summed E-state index contributed by atoms with van der Waals surface area (Å²) in [6.07, 6.45) is 0.250. The zero-order valence-electron chi connectivity index (χ0n) is 9.08. The minimum Gasteiger partial charge on any atom is -0.380 e. The monoisotopic (exact) mass is 194 g/mol. The van der Waals surface area contributed by atoms with E-state index in [-0.39, 0.29) is 6.10 Å². The van der Waals surface area contributed by atoms with E-state index in [1.165, 1.54) is 0 Å². The molecule has 0 aliphatic heterocycles. The van der Waals surface area contributed by atoms with Crippen molar-refractivity contribution in [1.29, 1.82) is 0 Å². The number of rotatable bonds is 5. The molecule has 3 nitrogen and oxygen atoms in total. The molecule has 0 radical (unpaired) electrons. The molecule has 3 heteroatoms. The van der Waals surface area contributed by atoms with Gasteiger partial charge in [0.2, 0.25) is 0 Å². The summed E-state index contributed by atoms with van der Waals surface area (Å²) in [5.74, 6) is 0. The van der Waals surface area contributed by atoms with Gasteiger partial charge in [-0.2, -0.15) is 0 Å². The van der Waals surface area contributed by atoms with Crippen LogP contribution in [0.3, 0.4) is 0 Å². The number of ether oxygens (including phenoxy) is 1. The van der Waals surface area contributed by atoms with E-state index in [4.69, 9.17) is 4.74 Å². The maximum Gasteiger partial charge on any atom is 0.0667 e. The first kappa shape index (κ1) is 11.1. The van der Waals surface area contributed by atoms with E-state index < -0.39 is 0 Å². The van der Waals surface area contributed by atoms with Gasteiger partial charge in [-0.3, -0.25) is 4.98 Å². The molecule has 1 N–H and O–H groups in total. The van der Waals surface area contributed by atoms with E-state index in [9.17, 15) is 0 Å². The molecule has 0 aromatic carbocycles. The Morgan fingerprint density at radius 2 is 2.29 bits per heavy atom. The molecule has 14 heavy (non-hydrogen) atoms. The summed E-state index contributed by atoms with van der Waals surface area (Å²) in [7, 11) is 1.72. The standard InChI is InChI=1S/C11H18N2O/c1-9-5-4-6-11(13-9)8-12-7-10(2)14-3/h4-6,10,12H,7-8H2,1-3H3. The predicted octanol–water partition coefficient (Wildman–Crippen LogP) is 1.51. The van der Waals surface area contributed by atoms with E-state index >= 15 is 0 Å². The van der Waals surface area contributed by atoms with E-state index in [0.717, 1.165) is 24.5 Å². The first-order chi connectivity index (χ1) is 6.72. The minimum absolute atomic E-state index is 0.250. The summed E-state index contributed by atoms with van der Waals surface area (Å²) in [5.41, 5.74) is 2.14. The SMILES string of the molecule is COC(C)CNCc1cccc(C)n1. The van der Waals surface area contributed by atoms with Crippen molar-refractivity contribution in [2.24, 2.45) is 0 Å². The molecule has 78 valence electrons. The Kier molecular flexibility index (Phi) is 4.56. The lowest BCUT2D eigenvalue weighted by atomic mass is 10.3. The number of aryl methyl sites for hydroxylation is 1. The van der Waals surface area contributed by atoms with Gasteiger partial charge in [-0.15, -0.1) is 0 Å². The van der Waals surface area contributed by atoms with Gasteiger partial charge in [0, 0.05) is 25.9 Å². The van der Waals surface area contributed by atoms with Crippen molar-refractivity contribution in [1.82, 2.24) is 10.3 Å². The topological polar surface area (TPSA) is 34.1 Å². The molecule has 0 saturated carbocycles. The molecule has 0 aliphatic carbocycles. The molecule has 0 amide bonds. The zero-order valence-corrected chi connectivity index (χ0v) is 9.08. The van der Waals surface area contributed by atoms with E-state index in [0.29, 0.717) is 0 Å². The number of pyridine rings is 1. The third-order valence-corrected chi connectivity index (χ3v) is 2.09. The molecular weight excluding hydrogens is 176 g/mol. The van der Waals surface area contributed by atoms with Gasteiger partial charge < -0.3 is 10.1 Å². The highest BCUT2D eigenvalue weighted by Crippen LogP contribution is 1.97. The molecule has 0 fully saturated rings. The number of nitrogens with zero attached hydrogens (tertiary/aromatic N) is 1. The highest BCUT2D eigenvalue weighted by atomic mass is 16.5. The Morgan fingerprint density at radius 1 is 1.50 bits per heavy atom. The second kappa shape index (κ2) is 5.73. The molecular formula is C11H18N2O. The van der Waals surface area contributed by atoms with E-state index in [2.05, 4.69) is 10.3 Å². The maximum absolute atomic E-state index is 5.13. The van der Waals surface area contributed by atoms with Gasteiger partial charge in [0.05, 0.1) is 11.8 Å². The van der Waals surface area contributed by atoms with Gasteiger partial charge in [0.1, 0.15) is 0 Å². The average Bonchev–Trinajstić information content (AvgIpc) is 2.17. The first-order valence-corrected chi connectivity index (χ1v) is 4.88. The third-order valence-electron chi connectivity index (χ3n) is 2.09. The summed E-state index contributed by atoms with van der Waals surface area (Å²) in [6.45, 7) is 5.69. The Morgan fingerprint density at radius 3 is 2.93 bits per heavy atom. The highest BCUT2D eigenvalue weighted by Gasteiger charge is 1.99. The molecule has 1 unspecified atom stereocenters. The fourth-order valence-electron chi connectivity index (χ4n) is 1.18. The van der Waals surface area contributed by atoms with Crippen LogP contribution < -0.4 is 5.32 Å². The highest BCUT2D eigenvalue weighted by molar-refractivity contribution is 5.09. The summed E-state index contributed by atoms with van der Waals surface area (Å²) in [6, 6.07) is 6.05. The number of methoxy groups -OCH3 is 1. The molecule has 1 aromatic rings. The van der Waals surface area contributed by atoms with Crippen LogP contribution in [-0.2, 0) is 11.3 Å². The normalized spacial score (nSPS) is 12.8. The van der Waals surface area contributed by atoms with Crippen LogP contribution in [0.5, 0.6) is 0 Å². The second-order valence-corrected chi connectivity index (χ2v) is 3.45. The quantitative estimate of drug-likeness (QED) is 0.771. The number of hydrogen-bond acceptors (Lipinski definition) is 3. The van der Waals surface area contributed by atoms with Gasteiger partial charge in [0.15, 0.2) is 0 Å². The average molecular weight is 194 g/mol. The number of hydrogen-bond donors (Lipinski definition) is 1. The molecule has 0 aliphatic rings. The van der Waals surface area contributed by atoms with Crippen LogP contribution in [0.1, 0.15) is 18.3 Å². The number of nitrogens with one attached hydrogen (secondary N) is 1. The predicted molar refractivity (Wildman–Crippen MR) is 57.2 cm³/mol. The second-order valence-electron chi connectivity index (χ2n) is 3.45. The van der Waals surface area contributed by atoms with Crippen LogP contribution in [0.15, 0.2) is 18.2 Å². The van der Waals surface area contributed by atoms with Gasteiger partial charge in [0.25, 0.3) is 0 Å². The van der Waals surface area contributed by atoms with Crippen LogP contribution in [-0.4, -0.2) is 24.7 Å². The van der Waals surface area contributed by atoms with Crippen molar-refractivity contribution >= 4 is 0 Å². The van der Waals surface area contributed by atoms with Crippen LogP contribution in [0, 0.1) is 6.92 Å². The Labute approximate surface area is 85.5 Å². The molecule has 0 saturated heterocycles. The maximum atomic E-state index is 5.13. The van der Waals surface area contributed by atoms with Gasteiger partial charge >= 0.3 is 0 Å². The molecule has 1 rings (SSSR count). The summed E-state index contributed by atoms with van der Waals surface area (Å²) < 4.78 is 5.13. The smallest absolute Gasteiger partial charge is 0.0667 e. The van der Waals surface area contributed by atoms with Crippen molar-refractivity contribution in [3.05, 3.63) is 29.6 Å². The minimum atomic E-state index is 0.250. The van der Waals surface area contributed by atoms with Crippen molar-refractivity contribution in [2.75, 3.05) is 13.7 Å².